The Kier molecular flexibility index (Phi) is 2.95. The summed E-state index contributed by atoms with van der Waals surface area (Å²) in [5, 5.41) is 0. The molecule has 1 N–H and O–H groups in total. The topological polar surface area (TPSA) is 55.0 Å². The summed E-state index contributed by atoms with van der Waals surface area (Å²) in [6, 6.07) is 6.00. The van der Waals surface area contributed by atoms with Crippen LogP contribution in [-0.4, -0.2) is 17.1 Å². The standard InChI is InChI=1S/C13H14N2O2/c1-8-4-5-10(9(2)6-8)11-12(17-3)13(16)15-7-14-11/h4-7H,1-3H3,(H,14,15,16). The van der Waals surface area contributed by atoms with Crippen LogP contribution in [-0.2, 0) is 0 Å². The zero-order valence-electron chi connectivity index (χ0n) is 10.1. The number of ether oxygens (including phenoxy) is 1. The predicted octanol–water partition coefficient (Wildman–Crippen LogP) is 2.06. The molecule has 0 bridgehead atoms. The number of H-pyrrole nitrogens is 1. The van der Waals surface area contributed by atoms with Gasteiger partial charge in [0.2, 0.25) is 5.75 Å². The van der Waals surface area contributed by atoms with Crippen LogP contribution < -0.4 is 10.3 Å². The molecule has 0 aliphatic heterocycles. The molecule has 4 heteroatoms. The first-order chi connectivity index (χ1) is 8.13. The molecule has 0 atom stereocenters. The van der Waals surface area contributed by atoms with Gasteiger partial charge in [0.15, 0.2) is 0 Å². The van der Waals surface area contributed by atoms with Crippen LogP contribution in [0.1, 0.15) is 11.1 Å². The van der Waals surface area contributed by atoms with Crippen LogP contribution in [0.2, 0.25) is 0 Å². The van der Waals surface area contributed by atoms with E-state index in [0.29, 0.717) is 5.69 Å². The predicted molar refractivity (Wildman–Crippen MR) is 66.3 cm³/mol. The first-order valence-corrected chi connectivity index (χ1v) is 5.33. The van der Waals surface area contributed by atoms with Gasteiger partial charge in [-0.2, -0.15) is 0 Å². The number of rotatable bonds is 2. The molecule has 17 heavy (non-hydrogen) atoms. The number of hydrogen-bond donors (Lipinski definition) is 1. The molecule has 0 aliphatic carbocycles. The Morgan fingerprint density at radius 2 is 2.06 bits per heavy atom. The average molecular weight is 230 g/mol. The molecule has 0 saturated heterocycles. The summed E-state index contributed by atoms with van der Waals surface area (Å²) in [7, 11) is 1.47. The van der Waals surface area contributed by atoms with Crippen molar-refractivity contribution < 1.29 is 4.74 Å². The minimum Gasteiger partial charge on any atom is -0.490 e. The number of aromatic nitrogens is 2. The summed E-state index contributed by atoms with van der Waals surface area (Å²) in [5.74, 6) is 0.249. The Hall–Kier alpha value is -2.10. The van der Waals surface area contributed by atoms with Gasteiger partial charge in [-0.05, 0) is 19.4 Å². The van der Waals surface area contributed by atoms with Gasteiger partial charge in [-0.25, -0.2) is 4.98 Å². The molecule has 1 aromatic carbocycles. The van der Waals surface area contributed by atoms with Crippen molar-refractivity contribution in [1.82, 2.24) is 9.97 Å². The maximum atomic E-state index is 11.6. The molecule has 0 fully saturated rings. The molecule has 0 amide bonds. The van der Waals surface area contributed by atoms with Gasteiger partial charge in [-0.3, -0.25) is 4.79 Å². The largest absolute Gasteiger partial charge is 0.490 e. The quantitative estimate of drug-likeness (QED) is 0.859. The lowest BCUT2D eigenvalue weighted by Gasteiger charge is -2.09. The molecular weight excluding hydrogens is 216 g/mol. The highest BCUT2D eigenvalue weighted by Gasteiger charge is 2.12. The lowest BCUT2D eigenvalue weighted by Crippen LogP contribution is -2.11. The van der Waals surface area contributed by atoms with Crippen molar-refractivity contribution in [3.63, 3.8) is 0 Å². The van der Waals surface area contributed by atoms with Gasteiger partial charge in [0.25, 0.3) is 5.56 Å². The van der Waals surface area contributed by atoms with Crippen LogP contribution in [0, 0.1) is 13.8 Å². The maximum Gasteiger partial charge on any atom is 0.293 e. The lowest BCUT2D eigenvalue weighted by molar-refractivity contribution is 0.408. The number of nitrogens with one attached hydrogen (secondary N) is 1. The highest BCUT2D eigenvalue weighted by molar-refractivity contribution is 5.69. The van der Waals surface area contributed by atoms with Crippen molar-refractivity contribution in [3.05, 3.63) is 46.0 Å². The van der Waals surface area contributed by atoms with Crippen molar-refractivity contribution in [3.8, 4) is 17.0 Å². The van der Waals surface area contributed by atoms with Crippen molar-refractivity contribution in [2.75, 3.05) is 7.11 Å². The molecule has 88 valence electrons. The van der Waals surface area contributed by atoms with Crippen LogP contribution in [0.25, 0.3) is 11.3 Å². The SMILES string of the molecule is COc1c(-c2ccc(C)cc2C)nc[nH]c1=O. The third kappa shape index (κ3) is 2.06. The van der Waals surface area contributed by atoms with Crippen molar-refractivity contribution in [1.29, 1.82) is 0 Å². The molecule has 2 rings (SSSR count). The third-order valence-corrected chi connectivity index (χ3v) is 2.65. The Balaban J connectivity index is 2.68. The van der Waals surface area contributed by atoms with Gasteiger partial charge in [0.05, 0.1) is 13.4 Å². The van der Waals surface area contributed by atoms with Gasteiger partial charge < -0.3 is 9.72 Å². The lowest BCUT2D eigenvalue weighted by atomic mass is 10.0. The normalized spacial score (nSPS) is 10.3. The molecule has 1 heterocycles. The van der Waals surface area contributed by atoms with Gasteiger partial charge in [-0.1, -0.05) is 23.8 Å². The number of methoxy groups -OCH3 is 1. The Morgan fingerprint density at radius 3 is 2.71 bits per heavy atom. The molecule has 0 spiro atoms. The molecular formula is C13H14N2O2. The number of hydrogen-bond acceptors (Lipinski definition) is 3. The van der Waals surface area contributed by atoms with E-state index >= 15 is 0 Å². The van der Waals surface area contributed by atoms with Crippen LogP contribution in [0.3, 0.4) is 0 Å². The van der Waals surface area contributed by atoms with E-state index in [9.17, 15) is 4.79 Å². The second kappa shape index (κ2) is 4.41. The van der Waals surface area contributed by atoms with Crippen LogP contribution in [0.15, 0.2) is 29.3 Å². The number of nitrogens with zero attached hydrogens (tertiary/aromatic N) is 1. The number of benzene rings is 1. The van der Waals surface area contributed by atoms with E-state index in [-0.39, 0.29) is 11.3 Å². The monoisotopic (exact) mass is 230 g/mol. The van der Waals surface area contributed by atoms with Gasteiger partial charge in [0.1, 0.15) is 5.69 Å². The minimum atomic E-state index is -0.266. The van der Waals surface area contributed by atoms with Crippen LogP contribution >= 0.6 is 0 Å². The third-order valence-electron chi connectivity index (χ3n) is 2.65. The Labute approximate surface area is 99.3 Å². The molecule has 0 radical (unpaired) electrons. The second-order valence-corrected chi connectivity index (χ2v) is 3.93. The minimum absolute atomic E-state index is 0.249. The second-order valence-electron chi connectivity index (χ2n) is 3.93. The van der Waals surface area contributed by atoms with E-state index in [4.69, 9.17) is 4.74 Å². The highest BCUT2D eigenvalue weighted by atomic mass is 16.5. The van der Waals surface area contributed by atoms with Crippen molar-refractivity contribution >= 4 is 0 Å². The Bertz CT molecular complexity index is 603. The number of aryl methyl sites for hydroxylation is 2. The summed E-state index contributed by atoms with van der Waals surface area (Å²) >= 11 is 0. The molecule has 1 aromatic heterocycles. The summed E-state index contributed by atoms with van der Waals surface area (Å²) < 4.78 is 5.11. The Morgan fingerprint density at radius 1 is 1.29 bits per heavy atom. The first-order valence-electron chi connectivity index (χ1n) is 5.33. The molecule has 4 nitrogen and oxygen atoms in total. The summed E-state index contributed by atoms with van der Waals surface area (Å²) in [4.78, 5) is 18.3. The zero-order chi connectivity index (χ0) is 12.4. The van der Waals surface area contributed by atoms with E-state index in [1.807, 2.05) is 26.0 Å². The van der Waals surface area contributed by atoms with Crippen molar-refractivity contribution in [2.45, 2.75) is 13.8 Å². The van der Waals surface area contributed by atoms with E-state index < -0.39 is 0 Å². The average Bonchev–Trinajstić information content (AvgIpc) is 2.29. The van der Waals surface area contributed by atoms with Gasteiger partial charge >= 0.3 is 0 Å². The highest BCUT2D eigenvalue weighted by Crippen LogP contribution is 2.27. The molecule has 0 unspecified atom stereocenters. The summed E-state index contributed by atoms with van der Waals surface area (Å²) in [5.41, 5.74) is 3.47. The van der Waals surface area contributed by atoms with Crippen molar-refractivity contribution in [2.24, 2.45) is 0 Å². The molecule has 0 aliphatic rings. The maximum absolute atomic E-state index is 11.6. The fourth-order valence-corrected chi connectivity index (χ4v) is 1.85. The first kappa shape index (κ1) is 11.4. The summed E-state index contributed by atoms with van der Waals surface area (Å²) in [6.07, 6.45) is 1.39. The van der Waals surface area contributed by atoms with E-state index in [1.54, 1.807) is 0 Å². The zero-order valence-corrected chi connectivity index (χ0v) is 10.1. The van der Waals surface area contributed by atoms with E-state index in [1.165, 1.54) is 19.0 Å². The fourth-order valence-electron chi connectivity index (χ4n) is 1.85. The van der Waals surface area contributed by atoms with Gasteiger partial charge in [0, 0.05) is 5.56 Å². The smallest absolute Gasteiger partial charge is 0.293 e. The molecule has 2 aromatic rings. The van der Waals surface area contributed by atoms with Crippen LogP contribution in [0.5, 0.6) is 5.75 Å². The van der Waals surface area contributed by atoms with E-state index in [2.05, 4.69) is 16.0 Å². The fraction of sp³-hybridized carbons (Fsp3) is 0.231. The number of aromatic amines is 1. The van der Waals surface area contributed by atoms with Gasteiger partial charge in [-0.15, -0.1) is 0 Å². The van der Waals surface area contributed by atoms with E-state index in [0.717, 1.165) is 11.1 Å². The molecule has 0 saturated carbocycles. The summed E-state index contributed by atoms with van der Waals surface area (Å²) in [6.45, 7) is 4.02. The van der Waals surface area contributed by atoms with Crippen LogP contribution in [0.4, 0.5) is 0 Å².